The second-order valence-electron chi connectivity index (χ2n) is 4.71. The molecule has 1 aromatic heterocycles. The van der Waals surface area contributed by atoms with Gasteiger partial charge in [0.2, 0.25) is 0 Å². The van der Waals surface area contributed by atoms with E-state index in [9.17, 15) is 9.90 Å². The number of amides is 1. The lowest BCUT2D eigenvalue weighted by atomic mass is 10.2. The molecule has 0 fully saturated rings. The Morgan fingerprint density at radius 2 is 2.00 bits per heavy atom. The zero-order valence-corrected chi connectivity index (χ0v) is 11.1. The molecule has 0 radical (unpaired) electrons. The number of carbonyl (C=O) groups excluding carboxylic acids is 1. The first-order valence-corrected chi connectivity index (χ1v) is 6.31. The summed E-state index contributed by atoms with van der Waals surface area (Å²) in [6, 6.07) is 10.9. The molecule has 0 bridgehead atoms. The van der Waals surface area contributed by atoms with Crippen molar-refractivity contribution in [3.05, 3.63) is 53.9 Å². The third kappa shape index (κ3) is 2.96. The Morgan fingerprint density at radius 3 is 2.68 bits per heavy atom. The van der Waals surface area contributed by atoms with Crippen molar-refractivity contribution in [1.29, 1.82) is 0 Å². The van der Waals surface area contributed by atoms with E-state index in [0.717, 1.165) is 0 Å². The molecule has 0 aliphatic carbocycles. The summed E-state index contributed by atoms with van der Waals surface area (Å²) in [7, 11) is 0. The van der Waals surface area contributed by atoms with Crippen molar-refractivity contribution in [2.45, 2.75) is 26.4 Å². The molecule has 100 valence electrons. The van der Waals surface area contributed by atoms with Crippen molar-refractivity contribution in [2.75, 3.05) is 0 Å². The third-order valence-electron chi connectivity index (χ3n) is 3.00. The molecular weight excluding hydrogens is 240 g/mol. The van der Waals surface area contributed by atoms with E-state index in [1.54, 1.807) is 24.3 Å². The van der Waals surface area contributed by atoms with Gasteiger partial charge in [-0.2, -0.15) is 0 Å². The Morgan fingerprint density at radius 1 is 1.26 bits per heavy atom. The van der Waals surface area contributed by atoms with E-state index >= 15 is 0 Å². The van der Waals surface area contributed by atoms with E-state index in [1.165, 1.54) is 0 Å². The van der Waals surface area contributed by atoms with Crippen LogP contribution in [0.1, 0.15) is 35.9 Å². The van der Waals surface area contributed by atoms with Crippen LogP contribution in [-0.4, -0.2) is 15.6 Å². The van der Waals surface area contributed by atoms with Crippen molar-refractivity contribution in [1.82, 2.24) is 9.88 Å². The minimum absolute atomic E-state index is 0.137. The van der Waals surface area contributed by atoms with Gasteiger partial charge in [-0.15, -0.1) is 0 Å². The summed E-state index contributed by atoms with van der Waals surface area (Å²) < 4.78 is 1.92. The number of nitrogens with zero attached hydrogens (tertiary/aromatic N) is 1. The maximum absolute atomic E-state index is 12.1. The van der Waals surface area contributed by atoms with Crippen LogP contribution in [0.5, 0.6) is 5.75 Å². The lowest BCUT2D eigenvalue weighted by Crippen LogP contribution is -2.25. The van der Waals surface area contributed by atoms with Gasteiger partial charge in [-0.1, -0.05) is 18.2 Å². The summed E-state index contributed by atoms with van der Waals surface area (Å²) in [4.78, 5) is 12.1. The van der Waals surface area contributed by atoms with Crippen LogP contribution in [-0.2, 0) is 6.54 Å². The summed E-state index contributed by atoms with van der Waals surface area (Å²) in [5, 5.41) is 12.5. The van der Waals surface area contributed by atoms with Crippen LogP contribution in [0.25, 0.3) is 0 Å². The summed E-state index contributed by atoms with van der Waals surface area (Å²) in [5.41, 5.74) is 1.34. The number of aromatic nitrogens is 1. The minimum Gasteiger partial charge on any atom is -0.508 e. The number of aromatic hydroxyl groups is 1. The molecule has 0 aliphatic heterocycles. The lowest BCUT2D eigenvalue weighted by Gasteiger charge is -2.13. The number of phenolic OH excluding ortho intramolecular Hbond substituents is 1. The minimum atomic E-state index is -0.137. The molecule has 0 saturated carbocycles. The predicted molar refractivity (Wildman–Crippen MR) is 74.1 cm³/mol. The maximum atomic E-state index is 12.1. The predicted octanol–water partition coefficient (Wildman–Crippen LogP) is 2.70. The zero-order valence-electron chi connectivity index (χ0n) is 11.1. The van der Waals surface area contributed by atoms with Crippen molar-refractivity contribution < 1.29 is 9.90 Å². The molecule has 1 aromatic carbocycles. The van der Waals surface area contributed by atoms with Gasteiger partial charge in [-0.05, 0) is 32.0 Å². The number of nitrogens with one attached hydrogen (secondary N) is 1. The highest BCUT2D eigenvalue weighted by Crippen LogP contribution is 2.15. The molecule has 2 N–H and O–H groups in total. The Bertz CT molecular complexity index is 573. The molecule has 0 saturated heterocycles. The van der Waals surface area contributed by atoms with Gasteiger partial charge >= 0.3 is 0 Å². The van der Waals surface area contributed by atoms with Gasteiger partial charge in [0.1, 0.15) is 11.4 Å². The number of hydrogen-bond donors (Lipinski definition) is 2. The van der Waals surface area contributed by atoms with E-state index in [1.807, 2.05) is 36.7 Å². The topological polar surface area (TPSA) is 54.3 Å². The van der Waals surface area contributed by atoms with Crippen LogP contribution < -0.4 is 5.32 Å². The average molecular weight is 258 g/mol. The SMILES string of the molecule is CC(C)n1cccc1C(=O)NCc1ccccc1O. The second kappa shape index (κ2) is 5.61. The molecule has 1 amide bonds. The highest BCUT2D eigenvalue weighted by molar-refractivity contribution is 5.92. The Hall–Kier alpha value is -2.23. The Labute approximate surface area is 112 Å². The molecule has 0 aliphatic rings. The molecule has 4 heteroatoms. The fraction of sp³-hybridized carbons (Fsp3) is 0.267. The Kier molecular flexibility index (Phi) is 3.90. The van der Waals surface area contributed by atoms with Crippen LogP contribution in [0.2, 0.25) is 0 Å². The van der Waals surface area contributed by atoms with Crippen molar-refractivity contribution in [3.63, 3.8) is 0 Å². The molecule has 0 unspecified atom stereocenters. The maximum Gasteiger partial charge on any atom is 0.268 e. The normalized spacial score (nSPS) is 10.7. The van der Waals surface area contributed by atoms with Gasteiger partial charge in [0.25, 0.3) is 5.91 Å². The number of hydrogen-bond acceptors (Lipinski definition) is 2. The molecule has 1 heterocycles. The van der Waals surface area contributed by atoms with E-state index in [4.69, 9.17) is 0 Å². The van der Waals surface area contributed by atoms with Crippen LogP contribution in [0.15, 0.2) is 42.6 Å². The van der Waals surface area contributed by atoms with Gasteiger partial charge in [0, 0.05) is 24.3 Å². The van der Waals surface area contributed by atoms with Gasteiger partial charge < -0.3 is 15.0 Å². The van der Waals surface area contributed by atoms with E-state index in [2.05, 4.69) is 5.32 Å². The molecule has 19 heavy (non-hydrogen) atoms. The monoisotopic (exact) mass is 258 g/mol. The summed E-state index contributed by atoms with van der Waals surface area (Å²) in [5.74, 6) is 0.0593. The van der Waals surface area contributed by atoms with Crippen LogP contribution in [0.3, 0.4) is 0 Å². The number of benzene rings is 1. The molecule has 4 nitrogen and oxygen atoms in total. The van der Waals surface area contributed by atoms with E-state index < -0.39 is 0 Å². The third-order valence-corrected chi connectivity index (χ3v) is 3.00. The molecule has 0 spiro atoms. The Balaban J connectivity index is 2.06. The fourth-order valence-corrected chi connectivity index (χ4v) is 1.96. The zero-order chi connectivity index (χ0) is 13.8. The summed E-state index contributed by atoms with van der Waals surface area (Å²) >= 11 is 0. The first kappa shape index (κ1) is 13.2. The van der Waals surface area contributed by atoms with Crippen LogP contribution >= 0.6 is 0 Å². The number of para-hydroxylation sites is 1. The highest BCUT2D eigenvalue weighted by Gasteiger charge is 2.12. The van der Waals surface area contributed by atoms with Crippen molar-refractivity contribution in [3.8, 4) is 5.75 Å². The van der Waals surface area contributed by atoms with Gasteiger partial charge in [-0.25, -0.2) is 0 Å². The number of phenols is 1. The average Bonchev–Trinajstić information content (AvgIpc) is 2.87. The number of rotatable bonds is 4. The van der Waals surface area contributed by atoms with E-state index in [-0.39, 0.29) is 17.7 Å². The summed E-state index contributed by atoms with van der Waals surface area (Å²) in [6.45, 7) is 4.37. The standard InChI is InChI=1S/C15H18N2O2/c1-11(2)17-9-5-7-13(17)15(19)16-10-12-6-3-4-8-14(12)18/h3-9,11,18H,10H2,1-2H3,(H,16,19). The van der Waals surface area contributed by atoms with Gasteiger partial charge in [0.15, 0.2) is 0 Å². The molecule has 2 aromatic rings. The largest absolute Gasteiger partial charge is 0.508 e. The van der Waals surface area contributed by atoms with Crippen molar-refractivity contribution in [2.24, 2.45) is 0 Å². The van der Waals surface area contributed by atoms with Crippen LogP contribution in [0, 0.1) is 0 Å². The molecular formula is C15H18N2O2. The fourth-order valence-electron chi connectivity index (χ4n) is 1.96. The number of carbonyl (C=O) groups is 1. The van der Waals surface area contributed by atoms with Crippen LogP contribution in [0.4, 0.5) is 0 Å². The summed E-state index contributed by atoms with van der Waals surface area (Å²) in [6.07, 6.45) is 1.89. The lowest BCUT2D eigenvalue weighted by molar-refractivity contribution is 0.0940. The van der Waals surface area contributed by atoms with Gasteiger partial charge in [0.05, 0.1) is 0 Å². The first-order chi connectivity index (χ1) is 9.09. The second-order valence-corrected chi connectivity index (χ2v) is 4.71. The first-order valence-electron chi connectivity index (χ1n) is 6.31. The molecule has 2 rings (SSSR count). The highest BCUT2D eigenvalue weighted by atomic mass is 16.3. The quantitative estimate of drug-likeness (QED) is 0.886. The van der Waals surface area contributed by atoms with E-state index in [0.29, 0.717) is 17.8 Å². The van der Waals surface area contributed by atoms with Crippen molar-refractivity contribution >= 4 is 5.91 Å². The smallest absolute Gasteiger partial charge is 0.268 e. The van der Waals surface area contributed by atoms with Gasteiger partial charge in [-0.3, -0.25) is 4.79 Å². The molecule has 0 atom stereocenters.